The van der Waals surface area contributed by atoms with Gasteiger partial charge in [0.1, 0.15) is 10.2 Å². The van der Waals surface area contributed by atoms with Crippen LogP contribution in [0.5, 0.6) is 0 Å². The molecule has 0 aromatic heterocycles. The second-order valence-corrected chi connectivity index (χ2v) is 8.72. The number of hydrogen-bond donors (Lipinski definition) is 0. The van der Waals surface area contributed by atoms with Crippen LogP contribution < -0.4 is 0 Å². The van der Waals surface area contributed by atoms with E-state index in [9.17, 15) is 9.59 Å². The van der Waals surface area contributed by atoms with Gasteiger partial charge in [-0.2, -0.15) is 0 Å². The molecule has 1 unspecified atom stereocenters. The Morgan fingerprint density at radius 2 is 2.07 bits per heavy atom. The number of benzene rings is 1. The molecule has 1 aliphatic carbocycles. The third kappa shape index (κ3) is 4.15. The highest BCUT2D eigenvalue weighted by molar-refractivity contribution is 8.05. The quantitative estimate of drug-likeness (QED) is 0.557. The maximum absolute atomic E-state index is 13.2. The predicted octanol–water partition coefficient (Wildman–Crippen LogP) is 3.91. The summed E-state index contributed by atoms with van der Waals surface area (Å²) in [4.78, 5) is 28.6. The molecule has 1 fully saturated rings. The number of fused-ring (bicyclic) bond motifs is 1. The summed E-state index contributed by atoms with van der Waals surface area (Å²) in [5, 5.41) is 0.662. The fourth-order valence-corrected chi connectivity index (χ4v) is 5.06. The SMILES string of the molecule is O=C(C[N+]1=C2C=CC=CC2S/C(=C/c2cccc(Cl)c2)C1=O)N1CCCCC1. The van der Waals surface area contributed by atoms with Gasteiger partial charge in [-0.15, -0.1) is 4.58 Å². The Hall–Kier alpha value is -2.11. The van der Waals surface area contributed by atoms with Gasteiger partial charge in [-0.3, -0.25) is 4.79 Å². The van der Waals surface area contributed by atoms with Crippen molar-refractivity contribution >= 4 is 47.0 Å². The van der Waals surface area contributed by atoms with E-state index in [1.54, 1.807) is 4.58 Å². The van der Waals surface area contributed by atoms with Gasteiger partial charge in [0, 0.05) is 24.2 Å². The topological polar surface area (TPSA) is 40.4 Å². The Labute approximate surface area is 174 Å². The zero-order valence-electron chi connectivity index (χ0n) is 15.5. The zero-order chi connectivity index (χ0) is 19.5. The smallest absolute Gasteiger partial charge is 0.337 e. The number of carbonyl (C=O) groups is 2. The van der Waals surface area contributed by atoms with Gasteiger partial charge in [0.05, 0.1) is 0 Å². The Morgan fingerprint density at radius 1 is 1.25 bits per heavy atom. The standard InChI is InChI=1S/C22H22ClN2O2S/c23-17-8-6-7-16(13-17)14-20-22(27)25(18-9-2-3-10-19(18)28-20)15-21(26)24-11-4-1-5-12-24/h2-3,6-10,13-14,19H,1,4-5,11-12,15H2/q+1/b20-14+. The van der Waals surface area contributed by atoms with Gasteiger partial charge in [0.2, 0.25) is 12.3 Å². The Morgan fingerprint density at radius 3 is 2.86 bits per heavy atom. The van der Waals surface area contributed by atoms with E-state index < -0.39 is 0 Å². The van der Waals surface area contributed by atoms with Crippen LogP contribution in [0.4, 0.5) is 0 Å². The molecule has 4 rings (SSSR count). The highest BCUT2D eigenvalue weighted by Gasteiger charge is 2.40. The summed E-state index contributed by atoms with van der Waals surface area (Å²) in [7, 11) is 0. The second-order valence-electron chi connectivity index (χ2n) is 7.10. The van der Waals surface area contributed by atoms with Gasteiger partial charge in [-0.1, -0.05) is 53.7 Å². The third-order valence-electron chi connectivity index (χ3n) is 5.13. The average Bonchev–Trinajstić information content (AvgIpc) is 2.71. The van der Waals surface area contributed by atoms with Gasteiger partial charge in [0.25, 0.3) is 5.91 Å². The molecule has 1 saturated heterocycles. The molecular weight excluding hydrogens is 392 g/mol. The van der Waals surface area contributed by atoms with Gasteiger partial charge in [-0.25, -0.2) is 4.79 Å². The summed E-state index contributed by atoms with van der Waals surface area (Å²) < 4.78 is 1.65. The van der Waals surface area contributed by atoms with Crippen LogP contribution in [0.25, 0.3) is 6.08 Å². The first-order valence-electron chi connectivity index (χ1n) is 9.57. The van der Waals surface area contributed by atoms with Gasteiger partial charge < -0.3 is 4.90 Å². The van der Waals surface area contributed by atoms with Crippen LogP contribution in [-0.2, 0) is 9.59 Å². The molecule has 3 aliphatic rings. The van der Waals surface area contributed by atoms with Crippen molar-refractivity contribution in [3.63, 3.8) is 0 Å². The largest absolute Gasteiger partial charge is 0.426 e. The van der Waals surface area contributed by atoms with Crippen molar-refractivity contribution in [3.05, 3.63) is 64.1 Å². The van der Waals surface area contributed by atoms with Crippen LogP contribution in [0.2, 0.25) is 5.02 Å². The summed E-state index contributed by atoms with van der Waals surface area (Å²) in [6.07, 6.45) is 13.0. The molecule has 0 radical (unpaired) electrons. The number of piperidine rings is 1. The summed E-state index contributed by atoms with van der Waals surface area (Å²) in [6.45, 7) is 1.67. The fourth-order valence-electron chi connectivity index (χ4n) is 3.68. The highest BCUT2D eigenvalue weighted by Crippen LogP contribution is 2.33. The van der Waals surface area contributed by atoms with E-state index in [1.165, 1.54) is 18.2 Å². The fraction of sp³-hybridized carbons (Fsp3) is 0.318. The van der Waals surface area contributed by atoms with Crippen molar-refractivity contribution in [2.24, 2.45) is 0 Å². The monoisotopic (exact) mass is 413 g/mol. The lowest BCUT2D eigenvalue weighted by Gasteiger charge is -2.27. The molecule has 1 atom stereocenters. The summed E-state index contributed by atoms with van der Waals surface area (Å²) in [5.74, 6) is -0.0993. The molecule has 0 spiro atoms. The minimum Gasteiger partial charge on any atom is -0.337 e. The first-order chi connectivity index (χ1) is 13.6. The minimum atomic E-state index is -0.124. The van der Waals surface area contributed by atoms with Crippen LogP contribution in [0, 0.1) is 0 Å². The van der Waals surface area contributed by atoms with E-state index in [1.807, 2.05) is 53.5 Å². The Kier molecular flexibility index (Phi) is 5.83. The average molecular weight is 414 g/mol. The molecule has 6 heteroatoms. The predicted molar refractivity (Wildman–Crippen MR) is 115 cm³/mol. The number of thioether (sulfide) groups is 1. The first-order valence-corrected chi connectivity index (χ1v) is 10.8. The molecule has 0 N–H and O–H groups in total. The van der Waals surface area contributed by atoms with Crippen LogP contribution in [0.1, 0.15) is 24.8 Å². The van der Waals surface area contributed by atoms with Crippen molar-refractivity contribution in [2.45, 2.75) is 24.5 Å². The maximum atomic E-state index is 13.2. The van der Waals surface area contributed by atoms with Crippen LogP contribution in [0.15, 0.2) is 53.5 Å². The van der Waals surface area contributed by atoms with E-state index in [-0.39, 0.29) is 23.6 Å². The second kappa shape index (κ2) is 8.50. The van der Waals surface area contributed by atoms with E-state index in [0.717, 1.165) is 37.2 Å². The number of hydrogen-bond acceptors (Lipinski definition) is 3. The Bertz CT molecular complexity index is 926. The molecule has 2 aliphatic heterocycles. The Balaban J connectivity index is 1.65. The summed E-state index contributed by atoms with van der Waals surface area (Å²) in [5.41, 5.74) is 1.76. The molecule has 1 aromatic carbocycles. The number of halogens is 1. The molecule has 0 bridgehead atoms. The normalized spacial score (nSPS) is 23.3. The number of likely N-dealkylation sites (tertiary alicyclic amines) is 1. The molecule has 4 nitrogen and oxygen atoms in total. The molecule has 1 aromatic rings. The number of nitrogens with zero attached hydrogens (tertiary/aromatic N) is 2. The molecule has 28 heavy (non-hydrogen) atoms. The molecular formula is C22H22ClN2O2S+. The lowest BCUT2D eigenvalue weighted by atomic mass is 10.1. The van der Waals surface area contributed by atoms with E-state index in [0.29, 0.717) is 9.93 Å². The van der Waals surface area contributed by atoms with Crippen LogP contribution in [-0.4, -0.2) is 51.9 Å². The lowest BCUT2D eigenvalue weighted by molar-refractivity contribution is -0.435. The molecule has 2 amide bonds. The van der Waals surface area contributed by atoms with E-state index in [4.69, 9.17) is 11.6 Å². The molecule has 0 saturated carbocycles. The zero-order valence-corrected chi connectivity index (χ0v) is 17.1. The van der Waals surface area contributed by atoms with Crippen molar-refractivity contribution in [3.8, 4) is 0 Å². The van der Waals surface area contributed by atoms with E-state index in [2.05, 4.69) is 6.08 Å². The number of carbonyl (C=O) groups excluding carboxylic acids is 2. The lowest BCUT2D eigenvalue weighted by Crippen LogP contribution is -2.46. The van der Waals surface area contributed by atoms with Gasteiger partial charge in [-0.05, 0) is 43.0 Å². The molecule has 144 valence electrons. The van der Waals surface area contributed by atoms with Crippen molar-refractivity contribution in [1.82, 2.24) is 4.90 Å². The van der Waals surface area contributed by atoms with Crippen LogP contribution in [0.3, 0.4) is 0 Å². The van der Waals surface area contributed by atoms with Crippen molar-refractivity contribution in [2.75, 3.05) is 19.6 Å². The van der Waals surface area contributed by atoms with Crippen LogP contribution >= 0.6 is 23.4 Å². The van der Waals surface area contributed by atoms with Crippen molar-refractivity contribution < 1.29 is 14.2 Å². The summed E-state index contributed by atoms with van der Waals surface area (Å²) in [6, 6.07) is 7.43. The number of allylic oxidation sites excluding steroid dienone is 3. The van der Waals surface area contributed by atoms with Gasteiger partial charge >= 0.3 is 5.91 Å². The number of amides is 2. The van der Waals surface area contributed by atoms with E-state index >= 15 is 0 Å². The minimum absolute atomic E-state index is 0.0243. The number of rotatable bonds is 3. The summed E-state index contributed by atoms with van der Waals surface area (Å²) >= 11 is 7.60. The third-order valence-corrected chi connectivity index (χ3v) is 6.56. The van der Waals surface area contributed by atoms with Gasteiger partial charge in [0.15, 0.2) is 0 Å². The maximum Gasteiger partial charge on any atom is 0.426 e. The molecule has 2 heterocycles. The first kappa shape index (κ1) is 19.2. The van der Waals surface area contributed by atoms with Crippen molar-refractivity contribution in [1.29, 1.82) is 0 Å². The highest BCUT2D eigenvalue weighted by atomic mass is 35.5.